The molecule has 0 saturated carbocycles. The van der Waals surface area contributed by atoms with E-state index >= 15 is 0 Å². The second kappa shape index (κ2) is 6.44. The number of aromatic nitrogens is 1. The predicted molar refractivity (Wildman–Crippen MR) is 85.4 cm³/mol. The summed E-state index contributed by atoms with van der Waals surface area (Å²) in [4.78, 5) is 20.8. The van der Waals surface area contributed by atoms with E-state index in [0.29, 0.717) is 6.54 Å². The molecule has 0 bridgehead atoms. The first-order chi connectivity index (χ1) is 10.6. The topological polar surface area (TPSA) is 36.4 Å². The summed E-state index contributed by atoms with van der Waals surface area (Å²) in [5, 5.41) is 2.82. The minimum Gasteiger partial charge on any atom is -0.340 e. The number of benzene rings is 1. The van der Waals surface area contributed by atoms with Crippen LogP contribution in [0, 0.1) is 5.82 Å². The van der Waals surface area contributed by atoms with E-state index in [1.807, 2.05) is 11.4 Å². The molecule has 1 amide bonds. The number of thiazole rings is 1. The van der Waals surface area contributed by atoms with Crippen LogP contribution in [0.25, 0.3) is 0 Å². The molecule has 4 nitrogen and oxygen atoms in total. The van der Waals surface area contributed by atoms with Gasteiger partial charge < -0.3 is 9.80 Å². The van der Waals surface area contributed by atoms with Crippen LogP contribution < -0.4 is 4.90 Å². The Labute approximate surface area is 133 Å². The van der Waals surface area contributed by atoms with Gasteiger partial charge in [-0.3, -0.25) is 4.79 Å². The van der Waals surface area contributed by atoms with Gasteiger partial charge in [0.15, 0.2) is 5.13 Å². The minimum atomic E-state index is -0.274. The summed E-state index contributed by atoms with van der Waals surface area (Å²) < 4.78 is 13.2. The normalized spacial score (nSPS) is 17.7. The average molecular weight is 319 g/mol. The molecule has 6 heteroatoms. The summed E-state index contributed by atoms with van der Waals surface area (Å²) >= 11 is 1.55. The maximum absolute atomic E-state index is 13.2. The third-order valence-electron chi connectivity index (χ3n) is 3.89. The van der Waals surface area contributed by atoms with Crippen molar-refractivity contribution in [2.45, 2.75) is 25.4 Å². The molecule has 22 heavy (non-hydrogen) atoms. The zero-order chi connectivity index (χ0) is 15.5. The van der Waals surface area contributed by atoms with Crippen molar-refractivity contribution in [2.75, 3.05) is 18.5 Å². The lowest BCUT2D eigenvalue weighted by Crippen LogP contribution is -2.44. The van der Waals surface area contributed by atoms with Crippen LogP contribution in [0.2, 0.25) is 0 Å². The molecule has 0 aliphatic carbocycles. The van der Waals surface area contributed by atoms with Crippen molar-refractivity contribution in [2.24, 2.45) is 0 Å². The first kappa shape index (κ1) is 15.0. The fourth-order valence-corrected chi connectivity index (χ4v) is 3.57. The van der Waals surface area contributed by atoms with E-state index in [0.717, 1.165) is 30.1 Å². The number of nitrogens with zero attached hydrogens (tertiary/aromatic N) is 3. The van der Waals surface area contributed by atoms with Crippen molar-refractivity contribution in [1.82, 2.24) is 9.88 Å². The molecule has 1 aliphatic heterocycles. The lowest BCUT2D eigenvalue weighted by molar-refractivity contribution is -0.131. The van der Waals surface area contributed by atoms with Gasteiger partial charge in [-0.25, -0.2) is 9.37 Å². The number of anilines is 1. The number of likely N-dealkylation sites (N-methyl/N-ethyl adjacent to an activating group) is 1. The standard InChI is InChI=1S/C16H18FN3OS/c1-19(11-12-4-2-5-13(17)10-12)15(21)14-6-3-8-20(14)16-18-7-9-22-16/h2,4-5,7,9-10,14H,3,6,8,11H2,1H3/t14-/m0/s1. The van der Waals surface area contributed by atoms with Crippen molar-refractivity contribution < 1.29 is 9.18 Å². The van der Waals surface area contributed by atoms with Crippen LogP contribution in [0.3, 0.4) is 0 Å². The van der Waals surface area contributed by atoms with Gasteiger partial charge in [-0.2, -0.15) is 0 Å². The van der Waals surface area contributed by atoms with E-state index in [1.165, 1.54) is 12.1 Å². The van der Waals surface area contributed by atoms with E-state index < -0.39 is 0 Å². The van der Waals surface area contributed by atoms with Crippen LogP contribution in [-0.2, 0) is 11.3 Å². The summed E-state index contributed by atoms with van der Waals surface area (Å²) in [6, 6.07) is 6.22. The Balaban J connectivity index is 1.70. The Bertz CT molecular complexity index is 647. The highest BCUT2D eigenvalue weighted by Gasteiger charge is 2.33. The lowest BCUT2D eigenvalue weighted by Gasteiger charge is -2.27. The number of amides is 1. The SMILES string of the molecule is CN(Cc1cccc(F)c1)C(=O)[C@@H]1CCCN1c1nccs1. The first-order valence-corrected chi connectivity index (χ1v) is 8.18. The van der Waals surface area contributed by atoms with Crippen LogP contribution in [0.5, 0.6) is 0 Å². The summed E-state index contributed by atoms with van der Waals surface area (Å²) in [7, 11) is 1.77. The van der Waals surface area contributed by atoms with E-state index in [2.05, 4.69) is 9.88 Å². The highest BCUT2D eigenvalue weighted by Crippen LogP contribution is 2.28. The van der Waals surface area contributed by atoms with Gasteiger partial charge in [0.1, 0.15) is 11.9 Å². The average Bonchev–Trinajstić information content (AvgIpc) is 3.17. The molecule has 3 rings (SSSR count). The van der Waals surface area contributed by atoms with Gasteiger partial charge in [-0.15, -0.1) is 11.3 Å². The molecule has 2 heterocycles. The maximum Gasteiger partial charge on any atom is 0.245 e. The van der Waals surface area contributed by atoms with Crippen molar-refractivity contribution in [3.05, 3.63) is 47.2 Å². The van der Waals surface area contributed by atoms with Crippen LogP contribution in [-0.4, -0.2) is 35.4 Å². The van der Waals surface area contributed by atoms with Gasteiger partial charge in [-0.1, -0.05) is 12.1 Å². The molecule has 116 valence electrons. The summed E-state index contributed by atoms with van der Waals surface area (Å²) in [6.45, 7) is 1.27. The van der Waals surface area contributed by atoms with E-state index in [4.69, 9.17) is 0 Å². The monoisotopic (exact) mass is 319 g/mol. The summed E-state index contributed by atoms with van der Waals surface area (Å²) in [5.74, 6) is -0.208. The fourth-order valence-electron chi connectivity index (χ4n) is 2.85. The van der Waals surface area contributed by atoms with E-state index in [1.54, 1.807) is 35.5 Å². The van der Waals surface area contributed by atoms with Crippen LogP contribution in [0.15, 0.2) is 35.8 Å². The summed E-state index contributed by atoms with van der Waals surface area (Å²) in [5.41, 5.74) is 0.801. The highest BCUT2D eigenvalue weighted by atomic mass is 32.1. The largest absolute Gasteiger partial charge is 0.340 e. The third-order valence-corrected chi connectivity index (χ3v) is 4.70. The molecule has 1 saturated heterocycles. The van der Waals surface area contributed by atoms with E-state index in [9.17, 15) is 9.18 Å². The van der Waals surface area contributed by atoms with Crippen molar-refractivity contribution >= 4 is 22.4 Å². The fraction of sp³-hybridized carbons (Fsp3) is 0.375. The number of carbonyl (C=O) groups excluding carboxylic acids is 1. The van der Waals surface area contributed by atoms with Gasteiger partial charge in [0.05, 0.1) is 0 Å². The third kappa shape index (κ3) is 3.11. The van der Waals surface area contributed by atoms with Gasteiger partial charge >= 0.3 is 0 Å². The number of hydrogen-bond acceptors (Lipinski definition) is 4. The molecule has 1 aliphatic rings. The van der Waals surface area contributed by atoms with Gasteiger partial charge in [0, 0.05) is 31.7 Å². The molecule has 1 aromatic heterocycles. The Morgan fingerprint density at radius 3 is 3.14 bits per heavy atom. The van der Waals surface area contributed by atoms with Crippen LogP contribution in [0.1, 0.15) is 18.4 Å². The number of halogens is 1. The highest BCUT2D eigenvalue weighted by molar-refractivity contribution is 7.13. The molecule has 0 spiro atoms. The van der Waals surface area contributed by atoms with Crippen LogP contribution in [0.4, 0.5) is 9.52 Å². The van der Waals surface area contributed by atoms with Crippen LogP contribution >= 0.6 is 11.3 Å². The zero-order valence-corrected chi connectivity index (χ0v) is 13.2. The molecule has 2 aromatic rings. The van der Waals surface area contributed by atoms with Gasteiger partial charge in [0.25, 0.3) is 0 Å². The Hall–Kier alpha value is -1.95. The van der Waals surface area contributed by atoms with Crippen molar-refractivity contribution in [1.29, 1.82) is 0 Å². The Morgan fingerprint density at radius 2 is 2.41 bits per heavy atom. The quantitative estimate of drug-likeness (QED) is 0.869. The van der Waals surface area contributed by atoms with E-state index in [-0.39, 0.29) is 17.8 Å². The molecule has 0 radical (unpaired) electrons. The number of rotatable bonds is 4. The molecular weight excluding hydrogens is 301 g/mol. The smallest absolute Gasteiger partial charge is 0.245 e. The molecular formula is C16H18FN3OS. The van der Waals surface area contributed by atoms with Gasteiger partial charge in [0.2, 0.25) is 5.91 Å². The first-order valence-electron chi connectivity index (χ1n) is 7.30. The maximum atomic E-state index is 13.2. The molecule has 1 atom stereocenters. The number of carbonyl (C=O) groups is 1. The Morgan fingerprint density at radius 1 is 1.55 bits per heavy atom. The molecule has 1 aromatic carbocycles. The second-order valence-corrected chi connectivity index (χ2v) is 6.36. The lowest BCUT2D eigenvalue weighted by atomic mass is 10.1. The van der Waals surface area contributed by atoms with Gasteiger partial charge in [-0.05, 0) is 30.5 Å². The minimum absolute atomic E-state index is 0.0666. The second-order valence-electron chi connectivity index (χ2n) is 5.49. The van der Waals surface area contributed by atoms with Crippen molar-refractivity contribution in [3.63, 3.8) is 0 Å². The molecule has 1 fully saturated rings. The predicted octanol–water partition coefficient (Wildman–Crippen LogP) is 2.91. The van der Waals surface area contributed by atoms with Crippen molar-refractivity contribution in [3.8, 4) is 0 Å². The summed E-state index contributed by atoms with van der Waals surface area (Å²) in [6.07, 6.45) is 3.59. The zero-order valence-electron chi connectivity index (χ0n) is 12.4. The Kier molecular flexibility index (Phi) is 4.38. The molecule has 0 unspecified atom stereocenters. The number of hydrogen-bond donors (Lipinski definition) is 0. The molecule has 0 N–H and O–H groups in total.